The van der Waals surface area contributed by atoms with E-state index in [4.69, 9.17) is 22.1 Å². The molecule has 8 heteroatoms. The van der Waals surface area contributed by atoms with E-state index in [1.54, 1.807) is 18.3 Å². The molecule has 0 amide bonds. The van der Waals surface area contributed by atoms with Crippen LogP contribution in [0.4, 0.5) is 5.95 Å². The van der Waals surface area contributed by atoms with Gasteiger partial charge in [0.05, 0.1) is 12.1 Å². The van der Waals surface area contributed by atoms with Gasteiger partial charge < -0.3 is 10.5 Å². The zero-order valence-corrected chi connectivity index (χ0v) is 10.4. The molecule has 2 N–H and O–H groups in total. The summed E-state index contributed by atoms with van der Waals surface area (Å²) in [6.45, 7) is 0. The quantitative estimate of drug-likeness (QED) is 0.907. The lowest BCUT2D eigenvalue weighted by atomic mass is 10.5. The molecule has 0 bridgehead atoms. The molecule has 0 unspecified atom stereocenters. The summed E-state index contributed by atoms with van der Waals surface area (Å²) in [5, 5.41) is 1.70. The second-order valence-electron chi connectivity index (χ2n) is 2.88. The Morgan fingerprint density at radius 2 is 2.12 bits per heavy atom. The van der Waals surface area contributed by atoms with Crippen molar-refractivity contribution in [2.24, 2.45) is 0 Å². The number of methoxy groups -OCH3 is 1. The van der Waals surface area contributed by atoms with E-state index in [1.807, 2.05) is 0 Å². The number of ether oxygens (including phenoxy) is 1. The van der Waals surface area contributed by atoms with Crippen LogP contribution in [0.1, 0.15) is 0 Å². The van der Waals surface area contributed by atoms with Crippen LogP contribution in [0.3, 0.4) is 0 Å². The van der Waals surface area contributed by atoms with Gasteiger partial charge in [0.2, 0.25) is 11.1 Å². The summed E-state index contributed by atoms with van der Waals surface area (Å²) >= 11 is 6.98. The van der Waals surface area contributed by atoms with Gasteiger partial charge in [-0.3, -0.25) is 0 Å². The second-order valence-corrected chi connectivity index (χ2v) is 4.30. The average Bonchev–Trinajstić information content (AvgIpc) is 2.31. The van der Waals surface area contributed by atoms with Gasteiger partial charge in [-0.2, -0.15) is 15.0 Å². The van der Waals surface area contributed by atoms with Gasteiger partial charge in [0, 0.05) is 6.20 Å². The Bertz CT molecular complexity index is 521. The number of nitrogen functional groups attached to an aromatic ring is 1. The summed E-state index contributed by atoms with van der Waals surface area (Å²) in [7, 11) is 1.46. The Hall–Kier alpha value is -1.60. The summed E-state index contributed by atoms with van der Waals surface area (Å²) in [5.74, 6) is 0.105. The monoisotopic (exact) mass is 269 g/mol. The fourth-order valence-corrected chi connectivity index (χ4v) is 1.81. The molecule has 2 aromatic rings. The summed E-state index contributed by atoms with van der Waals surface area (Å²) < 4.78 is 4.90. The van der Waals surface area contributed by atoms with Gasteiger partial charge >= 0.3 is 6.01 Å². The van der Waals surface area contributed by atoms with Crippen molar-refractivity contribution in [2.75, 3.05) is 12.8 Å². The van der Waals surface area contributed by atoms with Gasteiger partial charge in [0.1, 0.15) is 5.03 Å². The van der Waals surface area contributed by atoms with Gasteiger partial charge in [-0.25, -0.2) is 4.98 Å². The Balaban J connectivity index is 2.23. The zero-order valence-electron chi connectivity index (χ0n) is 8.79. The van der Waals surface area contributed by atoms with Gasteiger partial charge in [0.25, 0.3) is 0 Å². The van der Waals surface area contributed by atoms with Crippen LogP contribution in [0.5, 0.6) is 6.01 Å². The molecule has 0 saturated heterocycles. The minimum atomic E-state index is 0.105. The molecule has 2 aromatic heterocycles. The van der Waals surface area contributed by atoms with Crippen LogP contribution in [-0.2, 0) is 0 Å². The average molecular weight is 270 g/mol. The topological polar surface area (TPSA) is 86.8 Å². The Kier molecular flexibility index (Phi) is 3.60. The molecule has 88 valence electrons. The van der Waals surface area contributed by atoms with Crippen LogP contribution in [0.25, 0.3) is 0 Å². The lowest BCUT2D eigenvalue weighted by molar-refractivity contribution is 0.374. The predicted molar refractivity (Wildman–Crippen MR) is 64.2 cm³/mol. The number of aromatic nitrogens is 4. The third-order valence-electron chi connectivity index (χ3n) is 1.69. The van der Waals surface area contributed by atoms with E-state index in [1.165, 1.54) is 18.9 Å². The van der Waals surface area contributed by atoms with E-state index in [2.05, 4.69) is 19.9 Å². The van der Waals surface area contributed by atoms with Crippen LogP contribution in [0.15, 0.2) is 28.5 Å². The highest BCUT2D eigenvalue weighted by Gasteiger charge is 2.07. The van der Waals surface area contributed by atoms with E-state index in [9.17, 15) is 0 Å². The van der Waals surface area contributed by atoms with Gasteiger partial charge in [-0.1, -0.05) is 11.6 Å². The lowest BCUT2D eigenvalue weighted by Gasteiger charge is -2.02. The van der Waals surface area contributed by atoms with Crippen molar-refractivity contribution in [1.29, 1.82) is 0 Å². The highest BCUT2D eigenvalue weighted by molar-refractivity contribution is 7.99. The molecule has 2 heterocycles. The first kappa shape index (κ1) is 11.9. The highest BCUT2D eigenvalue weighted by atomic mass is 35.5. The van der Waals surface area contributed by atoms with Crippen molar-refractivity contribution in [3.8, 4) is 6.01 Å². The first-order valence-electron chi connectivity index (χ1n) is 4.52. The number of hydrogen-bond donors (Lipinski definition) is 1. The number of nitrogens with zero attached hydrogens (tertiary/aromatic N) is 4. The van der Waals surface area contributed by atoms with Crippen molar-refractivity contribution < 1.29 is 4.74 Å². The summed E-state index contributed by atoms with van der Waals surface area (Å²) in [4.78, 5) is 15.9. The van der Waals surface area contributed by atoms with E-state index in [0.717, 1.165) is 0 Å². The summed E-state index contributed by atoms with van der Waals surface area (Å²) in [6, 6.07) is 3.67. The van der Waals surface area contributed by atoms with E-state index in [-0.39, 0.29) is 12.0 Å². The Morgan fingerprint density at radius 1 is 1.29 bits per heavy atom. The normalized spacial score (nSPS) is 10.2. The van der Waals surface area contributed by atoms with Crippen molar-refractivity contribution in [3.05, 3.63) is 23.4 Å². The zero-order chi connectivity index (χ0) is 12.3. The van der Waals surface area contributed by atoms with Gasteiger partial charge in [-0.15, -0.1) is 0 Å². The van der Waals surface area contributed by atoms with Crippen molar-refractivity contribution in [3.63, 3.8) is 0 Å². The number of hydrogen-bond acceptors (Lipinski definition) is 7. The Labute approximate surface area is 107 Å². The molecule has 0 aliphatic carbocycles. The summed E-state index contributed by atoms with van der Waals surface area (Å²) in [6.07, 6.45) is 1.55. The SMILES string of the molecule is COc1nc(N)nc(Sc2ccc(Cl)cn2)n1. The first-order chi connectivity index (χ1) is 8.17. The van der Waals surface area contributed by atoms with Crippen LogP contribution in [-0.4, -0.2) is 27.0 Å². The molecule has 0 atom stereocenters. The molecule has 17 heavy (non-hydrogen) atoms. The third-order valence-corrected chi connectivity index (χ3v) is 2.73. The van der Waals surface area contributed by atoms with Gasteiger partial charge in [0.15, 0.2) is 0 Å². The van der Waals surface area contributed by atoms with E-state index >= 15 is 0 Å². The lowest BCUT2D eigenvalue weighted by Crippen LogP contribution is -2.01. The predicted octanol–water partition coefficient (Wildman–Crippen LogP) is 1.66. The molecule has 0 aliphatic heterocycles. The molecule has 0 fully saturated rings. The van der Waals surface area contributed by atoms with Gasteiger partial charge in [-0.05, 0) is 23.9 Å². The van der Waals surface area contributed by atoms with E-state index in [0.29, 0.717) is 15.2 Å². The number of anilines is 1. The fourth-order valence-electron chi connectivity index (χ4n) is 1.01. The minimum absolute atomic E-state index is 0.105. The standard InChI is InChI=1S/C9H8ClN5OS/c1-16-8-13-7(11)14-9(15-8)17-6-3-2-5(10)4-12-6/h2-4H,1H3,(H2,11,13,14,15). The number of rotatable bonds is 3. The van der Waals surface area contributed by atoms with E-state index < -0.39 is 0 Å². The molecule has 0 aliphatic rings. The smallest absolute Gasteiger partial charge is 0.321 e. The molecule has 0 aromatic carbocycles. The molecular formula is C9H8ClN5OS. The van der Waals surface area contributed by atoms with Crippen LogP contribution in [0.2, 0.25) is 5.02 Å². The van der Waals surface area contributed by atoms with Crippen molar-refractivity contribution >= 4 is 29.3 Å². The van der Waals surface area contributed by atoms with Crippen molar-refractivity contribution in [1.82, 2.24) is 19.9 Å². The number of halogens is 1. The largest absolute Gasteiger partial charge is 0.467 e. The molecular weight excluding hydrogens is 262 g/mol. The molecule has 0 radical (unpaired) electrons. The molecule has 0 spiro atoms. The maximum atomic E-state index is 5.73. The van der Waals surface area contributed by atoms with Crippen LogP contribution >= 0.6 is 23.4 Å². The molecule has 6 nitrogen and oxygen atoms in total. The maximum absolute atomic E-state index is 5.73. The highest BCUT2D eigenvalue weighted by Crippen LogP contribution is 2.24. The molecule has 0 saturated carbocycles. The van der Waals surface area contributed by atoms with Crippen LogP contribution < -0.4 is 10.5 Å². The fraction of sp³-hybridized carbons (Fsp3) is 0.111. The third kappa shape index (κ3) is 3.18. The Morgan fingerprint density at radius 3 is 2.76 bits per heavy atom. The minimum Gasteiger partial charge on any atom is -0.467 e. The number of nitrogens with two attached hydrogens (primary N) is 1. The van der Waals surface area contributed by atoms with Crippen LogP contribution in [0, 0.1) is 0 Å². The maximum Gasteiger partial charge on any atom is 0.321 e. The first-order valence-corrected chi connectivity index (χ1v) is 5.72. The molecule has 2 rings (SSSR count). The second kappa shape index (κ2) is 5.15. The van der Waals surface area contributed by atoms with Crippen molar-refractivity contribution in [2.45, 2.75) is 10.2 Å². The number of pyridine rings is 1. The summed E-state index contributed by atoms with van der Waals surface area (Å²) in [5.41, 5.74) is 5.52.